The number of imide groups is 1. The van der Waals surface area contributed by atoms with Gasteiger partial charge in [0, 0.05) is 82.8 Å². The first-order chi connectivity index (χ1) is 26.8. The Bertz CT molecular complexity index is 2060. The third kappa shape index (κ3) is 7.50. The zero-order chi connectivity index (χ0) is 38.1. The van der Waals surface area contributed by atoms with Gasteiger partial charge in [-0.3, -0.25) is 24.2 Å². The first-order valence-corrected chi connectivity index (χ1v) is 19.9. The minimum absolute atomic E-state index is 0.114. The highest BCUT2D eigenvalue weighted by Gasteiger charge is 2.41. The van der Waals surface area contributed by atoms with E-state index in [1.54, 1.807) is 17.0 Å². The average molecular weight is 738 g/mol. The number of likely N-dealkylation sites (tertiary alicyclic amines) is 1. The van der Waals surface area contributed by atoms with Gasteiger partial charge in [0.05, 0.1) is 0 Å². The topological polar surface area (TPSA) is 87.6 Å². The number of carbonyl (C=O) groups is 3. The molecule has 3 amide bonds. The van der Waals surface area contributed by atoms with Crippen molar-refractivity contribution in [2.24, 2.45) is 5.92 Å². The summed E-state index contributed by atoms with van der Waals surface area (Å²) in [6.45, 7) is 9.77. The standard InChI is InChI=1S/C46H51N5O4/c1-3-40(33-7-5-4-6-8-33)44(35-11-16-39(52)17-12-35)34-9-13-37(14-10-34)49-23-21-32(22-24-49)30-48-25-27-50(28-26-48)38-15-18-41-36(29-38)31-51(45(41)54)42-19-20-43(53)47(2)46(42)55/h4-18,29,32,42,52H,3,19-28,30-31H2,1-2H3/b44-40+. The lowest BCUT2D eigenvalue weighted by molar-refractivity contribution is -0.150. The van der Waals surface area contributed by atoms with E-state index < -0.39 is 6.04 Å². The Balaban J connectivity index is 0.850. The Labute approximate surface area is 324 Å². The van der Waals surface area contributed by atoms with E-state index >= 15 is 0 Å². The summed E-state index contributed by atoms with van der Waals surface area (Å²) in [6, 6.07) is 32.8. The van der Waals surface area contributed by atoms with E-state index in [4.69, 9.17) is 0 Å². The number of allylic oxidation sites excluding steroid dienone is 1. The molecule has 0 bridgehead atoms. The van der Waals surface area contributed by atoms with Crippen LogP contribution in [0, 0.1) is 5.92 Å². The number of rotatable bonds is 9. The van der Waals surface area contributed by atoms with Crippen LogP contribution in [0.4, 0.5) is 11.4 Å². The molecule has 1 unspecified atom stereocenters. The minimum atomic E-state index is -0.575. The second-order valence-electron chi connectivity index (χ2n) is 15.5. The summed E-state index contributed by atoms with van der Waals surface area (Å²) in [5.41, 5.74) is 10.0. The normalized spacial score (nSPS) is 20.3. The molecule has 0 spiro atoms. The summed E-state index contributed by atoms with van der Waals surface area (Å²) in [6.07, 6.45) is 3.93. The molecule has 9 heteroatoms. The molecule has 4 aromatic carbocycles. The average Bonchev–Trinajstić information content (AvgIpc) is 3.55. The first-order valence-electron chi connectivity index (χ1n) is 19.9. The summed E-state index contributed by atoms with van der Waals surface area (Å²) in [4.78, 5) is 48.5. The summed E-state index contributed by atoms with van der Waals surface area (Å²) >= 11 is 0. The molecular weight excluding hydrogens is 687 g/mol. The van der Waals surface area contributed by atoms with Crippen molar-refractivity contribution in [3.05, 3.63) is 125 Å². The summed E-state index contributed by atoms with van der Waals surface area (Å²) in [5, 5.41) is 10.0. The number of hydrogen-bond donors (Lipinski definition) is 1. The third-order valence-electron chi connectivity index (χ3n) is 12.2. The fraction of sp³-hybridized carbons (Fsp3) is 0.370. The lowest BCUT2D eigenvalue weighted by Gasteiger charge is -2.40. The highest BCUT2D eigenvalue weighted by Crippen LogP contribution is 2.37. The van der Waals surface area contributed by atoms with Gasteiger partial charge in [-0.15, -0.1) is 0 Å². The van der Waals surface area contributed by atoms with Gasteiger partial charge in [0.1, 0.15) is 11.8 Å². The predicted molar refractivity (Wildman–Crippen MR) is 218 cm³/mol. The Morgan fingerprint density at radius 1 is 0.709 bits per heavy atom. The van der Waals surface area contributed by atoms with Crippen LogP contribution in [-0.4, -0.2) is 96.4 Å². The molecule has 0 saturated carbocycles. The fourth-order valence-corrected chi connectivity index (χ4v) is 9.04. The van der Waals surface area contributed by atoms with Gasteiger partial charge < -0.3 is 19.8 Å². The number of piperazine rings is 1. The SMILES string of the molecule is CC/C(=C(\c1ccc(O)cc1)c1ccc(N2CCC(CN3CCN(c4ccc5c(c4)CN(C4CCC(=O)N(C)C4=O)C5=O)CC3)CC2)cc1)c1ccccc1. The van der Waals surface area contributed by atoms with E-state index in [-0.39, 0.29) is 29.9 Å². The van der Waals surface area contributed by atoms with Crippen LogP contribution in [0.5, 0.6) is 5.75 Å². The lowest BCUT2D eigenvalue weighted by Crippen LogP contribution is -2.53. The van der Waals surface area contributed by atoms with Crippen molar-refractivity contribution in [3.8, 4) is 5.75 Å². The van der Waals surface area contributed by atoms with Crippen LogP contribution < -0.4 is 9.80 Å². The van der Waals surface area contributed by atoms with Crippen molar-refractivity contribution in [2.75, 3.05) is 62.7 Å². The van der Waals surface area contributed by atoms with E-state index in [9.17, 15) is 19.5 Å². The molecule has 4 aromatic rings. The van der Waals surface area contributed by atoms with Gasteiger partial charge in [-0.2, -0.15) is 0 Å². The number of fused-ring (bicyclic) bond motifs is 1. The molecule has 3 fully saturated rings. The van der Waals surface area contributed by atoms with Crippen LogP contribution in [0.1, 0.15) is 71.6 Å². The Morgan fingerprint density at radius 2 is 1.35 bits per heavy atom. The molecule has 55 heavy (non-hydrogen) atoms. The van der Waals surface area contributed by atoms with E-state index in [0.29, 0.717) is 24.4 Å². The molecule has 0 aromatic heterocycles. The fourth-order valence-electron chi connectivity index (χ4n) is 9.04. The van der Waals surface area contributed by atoms with Crippen molar-refractivity contribution in [2.45, 2.75) is 51.6 Å². The Hall–Kier alpha value is -5.41. The zero-order valence-corrected chi connectivity index (χ0v) is 32.0. The highest BCUT2D eigenvalue weighted by atomic mass is 16.3. The second kappa shape index (κ2) is 15.7. The number of amides is 3. The van der Waals surface area contributed by atoms with Gasteiger partial charge >= 0.3 is 0 Å². The van der Waals surface area contributed by atoms with Crippen LogP contribution >= 0.6 is 0 Å². The van der Waals surface area contributed by atoms with Crippen LogP contribution in [0.3, 0.4) is 0 Å². The van der Waals surface area contributed by atoms with Gasteiger partial charge in [0.15, 0.2) is 0 Å². The quantitative estimate of drug-likeness (QED) is 0.148. The minimum Gasteiger partial charge on any atom is -0.508 e. The number of carbonyl (C=O) groups excluding carboxylic acids is 3. The van der Waals surface area contributed by atoms with Gasteiger partial charge in [-0.25, -0.2) is 0 Å². The van der Waals surface area contributed by atoms with Crippen molar-refractivity contribution >= 4 is 40.2 Å². The third-order valence-corrected chi connectivity index (χ3v) is 12.2. The molecule has 9 nitrogen and oxygen atoms in total. The smallest absolute Gasteiger partial charge is 0.255 e. The molecule has 8 rings (SSSR count). The Kier molecular flexibility index (Phi) is 10.5. The largest absolute Gasteiger partial charge is 0.508 e. The number of nitrogens with zero attached hydrogens (tertiary/aromatic N) is 5. The molecule has 1 N–H and O–H groups in total. The second-order valence-corrected chi connectivity index (χ2v) is 15.5. The predicted octanol–water partition coefficient (Wildman–Crippen LogP) is 6.90. The molecule has 4 aliphatic rings. The molecule has 0 radical (unpaired) electrons. The van der Waals surface area contributed by atoms with E-state index in [2.05, 4.69) is 82.3 Å². The molecule has 3 saturated heterocycles. The number of phenolic OH excluding ortho intramolecular Hbond substituents is 1. The van der Waals surface area contributed by atoms with Gasteiger partial charge in [0.2, 0.25) is 5.91 Å². The summed E-state index contributed by atoms with van der Waals surface area (Å²) < 4.78 is 0. The zero-order valence-electron chi connectivity index (χ0n) is 32.0. The van der Waals surface area contributed by atoms with E-state index in [1.165, 1.54) is 52.7 Å². The Morgan fingerprint density at radius 3 is 2.02 bits per heavy atom. The van der Waals surface area contributed by atoms with Crippen LogP contribution in [-0.2, 0) is 16.1 Å². The van der Waals surface area contributed by atoms with Crippen molar-refractivity contribution in [3.63, 3.8) is 0 Å². The first kappa shape index (κ1) is 36.6. The van der Waals surface area contributed by atoms with Crippen molar-refractivity contribution < 1.29 is 19.5 Å². The van der Waals surface area contributed by atoms with Gasteiger partial charge in [0.25, 0.3) is 11.8 Å². The number of anilines is 2. The van der Waals surface area contributed by atoms with E-state index in [1.807, 2.05) is 24.3 Å². The summed E-state index contributed by atoms with van der Waals surface area (Å²) in [7, 11) is 1.51. The number of likely N-dealkylation sites (N-methyl/N-ethyl adjacent to an activating group) is 1. The summed E-state index contributed by atoms with van der Waals surface area (Å²) in [5.74, 6) is 0.372. The van der Waals surface area contributed by atoms with Crippen molar-refractivity contribution in [1.29, 1.82) is 0 Å². The number of benzene rings is 4. The van der Waals surface area contributed by atoms with Gasteiger partial charge in [-0.1, -0.05) is 61.5 Å². The monoisotopic (exact) mass is 737 g/mol. The van der Waals surface area contributed by atoms with Crippen LogP contribution in [0.15, 0.2) is 97.1 Å². The maximum atomic E-state index is 13.3. The molecular formula is C46H51N5O4. The molecule has 4 heterocycles. The number of hydrogen-bond acceptors (Lipinski definition) is 7. The van der Waals surface area contributed by atoms with Gasteiger partial charge in [-0.05, 0) is 107 Å². The molecule has 284 valence electrons. The molecule has 0 aliphatic carbocycles. The van der Waals surface area contributed by atoms with Crippen molar-refractivity contribution in [1.82, 2.24) is 14.7 Å². The number of aromatic hydroxyl groups is 1. The van der Waals surface area contributed by atoms with E-state index in [0.717, 1.165) is 69.0 Å². The maximum absolute atomic E-state index is 13.3. The molecule has 4 aliphatic heterocycles. The van der Waals surface area contributed by atoms with Crippen LogP contribution in [0.25, 0.3) is 11.1 Å². The lowest BCUT2D eigenvalue weighted by atomic mass is 9.88. The maximum Gasteiger partial charge on any atom is 0.255 e. The number of phenols is 1. The van der Waals surface area contributed by atoms with Crippen LogP contribution in [0.2, 0.25) is 0 Å². The number of piperidine rings is 2. The molecule has 1 atom stereocenters. The highest BCUT2D eigenvalue weighted by molar-refractivity contribution is 6.05.